The highest BCUT2D eigenvalue weighted by Crippen LogP contribution is 2.21. The van der Waals surface area contributed by atoms with E-state index in [0.29, 0.717) is 5.69 Å². The van der Waals surface area contributed by atoms with E-state index in [2.05, 4.69) is 10.1 Å². The van der Waals surface area contributed by atoms with Gasteiger partial charge >= 0.3 is 6.18 Å². The molecule has 0 aliphatic carbocycles. The lowest BCUT2D eigenvalue weighted by atomic mass is 10.2. The molecule has 0 aliphatic heterocycles. The summed E-state index contributed by atoms with van der Waals surface area (Å²) in [6.45, 7) is 0.214. The molecule has 0 radical (unpaired) electrons. The highest BCUT2D eigenvalue weighted by molar-refractivity contribution is 6.06. The maximum absolute atomic E-state index is 12.4. The number of anilines is 1. The first kappa shape index (κ1) is 15.0. The second kappa shape index (κ2) is 5.55. The molecule has 5 nitrogen and oxygen atoms in total. The zero-order chi connectivity index (χ0) is 15.6. The summed E-state index contributed by atoms with van der Waals surface area (Å²) in [6.07, 6.45) is -0.176. The molecule has 0 aromatic carbocycles. The normalized spacial score (nSPS) is 11.5. The van der Waals surface area contributed by atoms with E-state index in [1.165, 1.54) is 25.1 Å². The first-order chi connectivity index (χ1) is 9.79. The van der Waals surface area contributed by atoms with Crippen molar-refractivity contribution >= 4 is 11.6 Å². The molecule has 0 saturated carbocycles. The van der Waals surface area contributed by atoms with E-state index >= 15 is 0 Å². The van der Waals surface area contributed by atoms with Gasteiger partial charge in [0.05, 0.1) is 23.6 Å². The van der Waals surface area contributed by atoms with Crippen molar-refractivity contribution in [1.29, 1.82) is 0 Å². The van der Waals surface area contributed by atoms with E-state index in [1.54, 1.807) is 18.3 Å². The van der Waals surface area contributed by atoms with Crippen LogP contribution in [0.4, 0.5) is 18.9 Å². The van der Waals surface area contributed by atoms with E-state index in [-0.39, 0.29) is 11.3 Å². The highest BCUT2D eigenvalue weighted by atomic mass is 19.4. The van der Waals surface area contributed by atoms with Gasteiger partial charge in [0, 0.05) is 18.9 Å². The number of alkyl halides is 3. The monoisotopic (exact) mass is 298 g/mol. The Morgan fingerprint density at radius 2 is 2.10 bits per heavy atom. The fourth-order valence-electron chi connectivity index (χ4n) is 1.84. The number of halogens is 3. The van der Waals surface area contributed by atoms with Crippen LogP contribution < -0.4 is 4.90 Å². The van der Waals surface area contributed by atoms with E-state index in [0.717, 1.165) is 10.9 Å². The van der Waals surface area contributed by atoms with Gasteiger partial charge in [-0.1, -0.05) is 0 Å². The van der Waals surface area contributed by atoms with Crippen LogP contribution in [0.15, 0.2) is 30.7 Å². The molecule has 2 aromatic heterocycles. The summed E-state index contributed by atoms with van der Waals surface area (Å²) in [5.41, 5.74) is 0.851. The SMILES string of the molecule is Cc1c(C(=O)N(C)c2cccnc2)cnn1CC(F)(F)F. The van der Waals surface area contributed by atoms with Crippen LogP contribution in [0, 0.1) is 6.92 Å². The molecule has 0 saturated heterocycles. The average molecular weight is 298 g/mol. The van der Waals surface area contributed by atoms with Gasteiger partial charge in [0.1, 0.15) is 6.54 Å². The molecule has 21 heavy (non-hydrogen) atoms. The summed E-state index contributed by atoms with van der Waals surface area (Å²) in [5, 5.41) is 3.63. The van der Waals surface area contributed by atoms with Crippen molar-refractivity contribution in [2.45, 2.75) is 19.6 Å². The predicted octanol–water partition coefficient (Wildman–Crippen LogP) is 2.43. The van der Waals surface area contributed by atoms with Gasteiger partial charge in [-0.05, 0) is 19.1 Å². The van der Waals surface area contributed by atoms with Crippen molar-refractivity contribution in [2.24, 2.45) is 0 Å². The van der Waals surface area contributed by atoms with Crippen LogP contribution in [0.3, 0.4) is 0 Å². The molecular weight excluding hydrogens is 285 g/mol. The van der Waals surface area contributed by atoms with Crippen molar-refractivity contribution in [3.05, 3.63) is 42.0 Å². The molecule has 112 valence electrons. The van der Waals surface area contributed by atoms with Gasteiger partial charge in [-0.25, -0.2) is 0 Å². The summed E-state index contributed by atoms with van der Waals surface area (Å²) in [5.74, 6) is -0.436. The standard InChI is InChI=1S/C13H13F3N4O/c1-9-11(7-18-20(9)8-13(14,15)16)12(21)19(2)10-4-3-5-17-6-10/h3-7H,8H2,1-2H3. The number of rotatable bonds is 3. The third-order valence-electron chi connectivity index (χ3n) is 3.00. The quantitative estimate of drug-likeness (QED) is 0.874. The lowest BCUT2D eigenvalue weighted by Crippen LogP contribution is -2.27. The van der Waals surface area contributed by atoms with Gasteiger partial charge in [-0.2, -0.15) is 18.3 Å². The van der Waals surface area contributed by atoms with Crippen molar-refractivity contribution in [2.75, 3.05) is 11.9 Å². The zero-order valence-corrected chi connectivity index (χ0v) is 11.4. The topological polar surface area (TPSA) is 51.0 Å². The van der Waals surface area contributed by atoms with Gasteiger partial charge in [-0.15, -0.1) is 0 Å². The Kier molecular flexibility index (Phi) is 3.97. The summed E-state index contributed by atoms with van der Waals surface area (Å²) < 4.78 is 37.9. The minimum absolute atomic E-state index is 0.130. The van der Waals surface area contributed by atoms with E-state index < -0.39 is 18.6 Å². The molecule has 0 unspecified atom stereocenters. The molecule has 2 rings (SSSR count). The summed E-state index contributed by atoms with van der Waals surface area (Å²) in [4.78, 5) is 17.5. The second-order valence-electron chi connectivity index (χ2n) is 4.49. The molecule has 0 N–H and O–H groups in total. The maximum Gasteiger partial charge on any atom is 0.408 e. The Morgan fingerprint density at radius 1 is 1.38 bits per heavy atom. The molecule has 2 heterocycles. The number of amides is 1. The van der Waals surface area contributed by atoms with Crippen LogP contribution in [0.2, 0.25) is 0 Å². The summed E-state index contributed by atoms with van der Waals surface area (Å²) in [6, 6.07) is 3.35. The predicted molar refractivity (Wildman–Crippen MR) is 70.0 cm³/mol. The molecular formula is C13H13F3N4O. The highest BCUT2D eigenvalue weighted by Gasteiger charge is 2.30. The van der Waals surface area contributed by atoms with E-state index in [1.807, 2.05) is 0 Å². The van der Waals surface area contributed by atoms with Crippen molar-refractivity contribution in [3.63, 3.8) is 0 Å². The van der Waals surface area contributed by atoms with Gasteiger partial charge < -0.3 is 4.90 Å². The van der Waals surface area contributed by atoms with E-state index in [9.17, 15) is 18.0 Å². The Hall–Kier alpha value is -2.38. The largest absolute Gasteiger partial charge is 0.408 e. The Bertz CT molecular complexity index is 637. The fraction of sp³-hybridized carbons (Fsp3) is 0.308. The molecule has 1 amide bonds. The number of hydrogen-bond donors (Lipinski definition) is 0. The van der Waals surface area contributed by atoms with Crippen molar-refractivity contribution in [1.82, 2.24) is 14.8 Å². The molecule has 2 aromatic rings. The van der Waals surface area contributed by atoms with Crippen LogP contribution in [0.5, 0.6) is 0 Å². The maximum atomic E-state index is 12.4. The van der Waals surface area contributed by atoms with Crippen LogP contribution in [0.25, 0.3) is 0 Å². The summed E-state index contributed by atoms with van der Waals surface area (Å²) in [7, 11) is 1.53. The Labute approximate surface area is 119 Å². The zero-order valence-electron chi connectivity index (χ0n) is 11.4. The number of carbonyl (C=O) groups is 1. The Morgan fingerprint density at radius 3 is 2.67 bits per heavy atom. The van der Waals surface area contributed by atoms with Gasteiger partial charge in [0.2, 0.25) is 0 Å². The van der Waals surface area contributed by atoms with Crippen LogP contribution in [-0.2, 0) is 6.54 Å². The van der Waals surface area contributed by atoms with Gasteiger partial charge in [0.15, 0.2) is 0 Å². The molecule has 0 fully saturated rings. The first-order valence-electron chi connectivity index (χ1n) is 6.07. The fourth-order valence-corrected chi connectivity index (χ4v) is 1.84. The molecule has 0 bridgehead atoms. The molecule has 8 heteroatoms. The van der Waals surface area contributed by atoms with Gasteiger partial charge in [-0.3, -0.25) is 14.5 Å². The molecule has 0 spiro atoms. The van der Waals surface area contributed by atoms with Crippen molar-refractivity contribution in [3.8, 4) is 0 Å². The first-order valence-corrected chi connectivity index (χ1v) is 6.07. The number of aromatic nitrogens is 3. The number of nitrogens with zero attached hydrogens (tertiary/aromatic N) is 4. The van der Waals surface area contributed by atoms with Crippen molar-refractivity contribution < 1.29 is 18.0 Å². The lowest BCUT2D eigenvalue weighted by molar-refractivity contribution is -0.142. The summed E-state index contributed by atoms with van der Waals surface area (Å²) >= 11 is 0. The third kappa shape index (κ3) is 3.39. The number of carbonyl (C=O) groups excluding carboxylic acids is 1. The van der Waals surface area contributed by atoms with Gasteiger partial charge in [0.25, 0.3) is 5.91 Å². The second-order valence-corrected chi connectivity index (χ2v) is 4.49. The smallest absolute Gasteiger partial charge is 0.310 e. The minimum Gasteiger partial charge on any atom is -0.310 e. The van der Waals surface area contributed by atoms with E-state index in [4.69, 9.17) is 0 Å². The number of hydrogen-bond acceptors (Lipinski definition) is 3. The van der Waals surface area contributed by atoms with Crippen LogP contribution >= 0.6 is 0 Å². The lowest BCUT2D eigenvalue weighted by Gasteiger charge is -2.16. The van der Waals surface area contributed by atoms with Crippen LogP contribution in [0.1, 0.15) is 16.1 Å². The average Bonchev–Trinajstić information content (AvgIpc) is 2.78. The van der Waals surface area contributed by atoms with Crippen LogP contribution in [-0.4, -0.2) is 33.9 Å². The molecule has 0 atom stereocenters. The molecule has 0 aliphatic rings. The number of pyridine rings is 1. The Balaban J connectivity index is 2.25. The minimum atomic E-state index is -4.38. The third-order valence-corrected chi connectivity index (χ3v) is 3.00.